The van der Waals surface area contributed by atoms with Crippen LogP contribution in [0.3, 0.4) is 0 Å². The normalized spacial score (nSPS) is 10.7. The minimum atomic E-state index is -0.279. The third-order valence-electron chi connectivity index (χ3n) is 4.17. The third kappa shape index (κ3) is 4.32. The van der Waals surface area contributed by atoms with Gasteiger partial charge in [0.25, 0.3) is 5.91 Å². The maximum atomic E-state index is 12.6. The Labute approximate surface area is 167 Å². The Kier molecular flexibility index (Phi) is 5.07. The molecule has 0 aliphatic heterocycles. The van der Waals surface area contributed by atoms with E-state index in [0.717, 1.165) is 11.4 Å². The molecular formula is C21H19N5O3. The molecule has 0 radical (unpaired) electrons. The monoisotopic (exact) mass is 389 g/mol. The molecule has 0 aliphatic carbocycles. The molecule has 0 bridgehead atoms. The van der Waals surface area contributed by atoms with E-state index in [1.54, 1.807) is 41.9 Å². The fourth-order valence-corrected chi connectivity index (χ4v) is 2.79. The second-order valence-corrected chi connectivity index (χ2v) is 6.42. The van der Waals surface area contributed by atoms with Gasteiger partial charge in [0.2, 0.25) is 11.7 Å². The number of carbonyl (C=O) groups excluding carboxylic acids is 1. The maximum Gasteiger partial charge on any atom is 0.276 e. The van der Waals surface area contributed by atoms with E-state index in [1.807, 2.05) is 37.3 Å². The van der Waals surface area contributed by atoms with Gasteiger partial charge in [-0.15, -0.1) is 0 Å². The zero-order valence-corrected chi connectivity index (χ0v) is 16.0. The number of nitrogens with one attached hydrogen (secondary N) is 1. The summed E-state index contributed by atoms with van der Waals surface area (Å²) in [6.45, 7) is 3.84. The van der Waals surface area contributed by atoms with Gasteiger partial charge in [-0.2, -0.15) is 10.1 Å². The summed E-state index contributed by atoms with van der Waals surface area (Å²) < 4.78 is 12.2. The molecule has 8 nitrogen and oxygen atoms in total. The number of nitrogens with zero attached hydrogens (tertiary/aromatic N) is 4. The molecule has 0 aliphatic rings. The summed E-state index contributed by atoms with van der Waals surface area (Å²) in [5.41, 5.74) is 2.77. The molecule has 0 atom stereocenters. The summed E-state index contributed by atoms with van der Waals surface area (Å²) in [7, 11) is 0. The van der Waals surface area contributed by atoms with Gasteiger partial charge in [-0.1, -0.05) is 23.4 Å². The van der Waals surface area contributed by atoms with Gasteiger partial charge in [-0.25, -0.2) is 4.68 Å². The van der Waals surface area contributed by atoms with E-state index in [0.29, 0.717) is 28.8 Å². The lowest BCUT2D eigenvalue weighted by Crippen LogP contribution is -2.13. The van der Waals surface area contributed by atoms with Gasteiger partial charge in [0, 0.05) is 18.3 Å². The molecule has 29 heavy (non-hydrogen) atoms. The van der Waals surface area contributed by atoms with Gasteiger partial charge in [0.15, 0.2) is 12.3 Å². The minimum Gasteiger partial charge on any atom is -0.485 e. The number of hydrogen-bond donors (Lipinski definition) is 1. The lowest BCUT2D eigenvalue weighted by Gasteiger charge is -2.06. The average Bonchev–Trinajstić information content (AvgIpc) is 3.33. The summed E-state index contributed by atoms with van der Waals surface area (Å²) in [6, 6.07) is 18.5. The van der Waals surface area contributed by atoms with E-state index in [2.05, 4.69) is 20.6 Å². The SMILES string of the molecule is Cc1nc(COc2ccc(NC(=O)c3cc(C)n(-c4ccccc4)n3)cc2)no1. The highest BCUT2D eigenvalue weighted by molar-refractivity contribution is 6.03. The number of ether oxygens (including phenoxy) is 1. The zero-order valence-electron chi connectivity index (χ0n) is 16.0. The maximum absolute atomic E-state index is 12.6. The fourth-order valence-electron chi connectivity index (χ4n) is 2.79. The Balaban J connectivity index is 1.39. The summed E-state index contributed by atoms with van der Waals surface area (Å²) in [5.74, 6) is 1.32. The molecule has 8 heteroatoms. The molecule has 0 unspecified atom stereocenters. The highest BCUT2D eigenvalue weighted by Gasteiger charge is 2.13. The fraction of sp³-hybridized carbons (Fsp3) is 0.143. The lowest BCUT2D eigenvalue weighted by atomic mass is 10.3. The van der Waals surface area contributed by atoms with Crippen LogP contribution in [-0.4, -0.2) is 25.8 Å². The topological polar surface area (TPSA) is 95.1 Å². The van der Waals surface area contributed by atoms with Crippen molar-refractivity contribution in [1.29, 1.82) is 0 Å². The number of aromatic nitrogens is 4. The molecule has 0 saturated carbocycles. The number of rotatable bonds is 6. The number of amides is 1. The van der Waals surface area contributed by atoms with E-state index < -0.39 is 0 Å². The molecule has 4 aromatic rings. The Morgan fingerprint density at radius 1 is 1.10 bits per heavy atom. The smallest absolute Gasteiger partial charge is 0.276 e. The van der Waals surface area contributed by atoms with Crippen molar-refractivity contribution in [1.82, 2.24) is 19.9 Å². The standard InChI is InChI=1S/C21H19N5O3/c1-14-12-19(24-26(14)17-6-4-3-5-7-17)21(27)23-16-8-10-18(11-9-16)28-13-20-22-15(2)29-25-20/h3-12H,13H2,1-2H3,(H,23,27). The van der Waals surface area contributed by atoms with Crippen LogP contribution in [0.2, 0.25) is 0 Å². The summed E-state index contributed by atoms with van der Waals surface area (Å²) in [6.07, 6.45) is 0. The van der Waals surface area contributed by atoms with Gasteiger partial charge in [-0.3, -0.25) is 4.79 Å². The Morgan fingerprint density at radius 2 is 1.86 bits per heavy atom. The van der Waals surface area contributed by atoms with Crippen molar-refractivity contribution in [2.75, 3.05) is 5.32 Å². The van der Waals surface area contributed by atoms with Gasteiger partial charge >= 0.3 is 0 Å². The van der Waals surface area contributed by atoms with Crippen molar-refractivity contribution < 1.29 is 14.1 Å². The summed E-state index contributed by atoms with van der Waals surface area (Å²) in [4.78, 5) is 16.6. The van der Waals surface area contributed by atoms with Gasteiger partial charge in [-0.05, 0) is 49.4 Å². The van der Waals surface area contributed by atoms with Gasteiger partial charge < -0.3 is 14.6 Å². The molecular weight excluding hydrogens is 370 g/mol. The van der Waals surface area contributed by atoms with Crippen LogP contribution >= 0.6 is 0 Å². The second kappa shape index (κ2) is 7.97. The van der Waals surface area contributed by atoms with Gasteiger partial charge in [0.05, 0.1) is 5.69 Å². The van der Waals surface area contributed by atoms with E-state index in [-0.39, 0.29) is 12.5 Å². The number of carbonyl (C=O) groups is 1. The summed E-state index contributed by atoms with van der Waals surface area (Å²) in [5, 5.41) is 11.0. The van der Waals surface area contributed by atoms with Crippen LogP contribution in [0.25, 0.3) is 5.69 Å². The largest absolute Gasteiger partial charge is 0.485 e. The van der Waals surface area contributed by atoms with Crippen LogP contribution in [0.4, 0.5) is 5.69 Å². The third-order valence-corrected chi connectivity index (χ3v) is 4.17. The molecule has 2 heterocycles. The number of aryl methyl sites for hydroxylation is 2. The minimum absolute atomic E-state index is 0.208. The quantitative estimate of drug-likeness (QED) is 0.540. The number of hydrogen-bond acceptors (Lipinski definition) is 6. The van der Waals surface area contributed by atoms with Gasteiger partial charge in [0.1, 0.15) is 5.75 Å². The van der Waals surface area contributed by atoms with Crippen molar-refractivity contribution >= 4 is 11.6 Å². The zero-order chi connectivity index (χ0) is 20.2. The van der Waals surface area contributed by atoms with Crippen LogP contribution in [0, 0.1) is 13.8 Å². The molecule has 0 saturated heterocycles. The van der Waals surface area contributed by atoms with Crippen molar-refractivity contribution in [2.24, 2.45) is 0 Å². The number of para-hydroxylation sites is 1. The van der Waals surface area contributed by atoms with Crippen molar-refractivity contribution in [3.63, 3.8) is 0 Å². The predicted molar refractivity (Wildman–Crippen MR) is 106 cm³/mol. The highest BCUT2D eigenvalue weighted by atomic mass is 16.5. The first-order valence-electron chi connectivity index (χ1n) is 9.04. The Morgan fingerprint density at radius 3 is 2.55 bits per heavy atom. The molecule has 0 spiro atoms. The van der Waals surface area contributed by atoms with Crippen LogP contribution in [0.15, 0.2) is 65.2 Å². The van der Waals surface area contributed by atoms with Crippen molar-refractivity contribution in [2.45, 2.75) is 20.5 Å². The summed E-state index contributed by atoms with van der Waals surface area (Å²) >= 11 is 0. The van der Waals surface area contributed by atoms with Crippen LogP contribution in [0.5, 0.6) is 5.75 Å². The molecule has 0 fully saturated rings. The molecule has 1 N–H and O–H groups in total. The first kappa shape index (κ1) is 18.4. The highest BCUT2D eigenvalue weighted by Crippen LogP contribution is 2.18. The Hall–Kier alpha value is -3.94. The van der Waals surface area contributed by atoms with Crippen LogP contribution in [0.1, 0.15) is 27.9 Å². The molecule has 2 aromatic heterocycles. The predicted octanol–water partition coefficient (Wildman–Crippen LogP) is 3.70. The first-order chi connectivity index (χ1) is 14.1. The van der Waals surface area contributed by atoms with Crippen molar-refractivity contribution in [3.05, 3.63) is 83.8 Å². The van der Waals surface area contributed by atoms with Crippen molar-refractivity contribution in [3.8, 4) is 11.4 Å². The number of benzene rings is 2. The van der Waals surface area contributed by atoms with E-state index >= 15 is 0 Å². The molecule has 2 aromatic carbocycles. The first-order valence-corrected chi connectivity index (χ1v) is 9.04. The van der Waals surface area contributed by atoms with E-state index in [1.165, 1.54) is 0 Å². The van der Waals surface area contributed by atoms with Crippen LogP contribution in [-0.2, 0) is 6.61 Å². The molecule has 1 amide bonds. The average molecular weight is 389 g/mol. The lowest BCUT2D eigenvalue weighted by molar-refractivity contribution is 0.102. The van der Waals surface area contributed by atoms with E-state index in [4.69, 9.17) is 9.26 Å². The number of anilines is 1. The molecule has 146 valence electrons. The second-order valence-electron chi connectivity index (χ2n) is 6.42. The van der Waals surface area contributed by atoms with E-state index in [9.17, 15) is 4.79 Å². The Bertz CT molecular complexity index is 1120. The molecule has 4 rings (SSSR count). The van der Waals surface area contributed by atoms with Crippen LogP contribution < -0.4 is 10.1 Å².